The molecule has 0 atom stereocenters. The molecular weight excluding hydrogens is 208 g/mol. The molecule has 2 rings (SSSR count). The monoisotopic (exact) mass is 220 g/mol. The first-order valence-corrected chi connectivity index (χ1v) is 4.81. The summed E-state index contributed by atoms with van der Waals surface area (Å²) in [5, 5.41) is 2.98. The second kappa shape index (κ2) is 4.18. The van der Waals surface area contributed by atoms with E-state index in [9.17, 15) is 4.79 Å². The average molecular weight is 220 g/mol. The molecule has 0 fully saturated rings. The number of fused-ring (bicyclic) bond motifs is 1. The van der Waals surface area contributed by atoms with Gasteiger partial charge in [0.15, 0.2) is 5.65 Å². The maximum Gasteiger partial charge on any atom is 0.325 e. The van der Waals surface area contributed by atoms with Crippen molar-refractivity contribution in [3.05, 3.63) is 24.3 Å². The van der Waals surface area contributed by atoms with E-state index in [4.69, 9.17) is 0 Å². The Morgan fingerprint density at radius 3 is 3.19 bits per heavy atom. The van der Waals surface area contributed by atoms with Crippen LogP contribution in [0.5, 0.6) is 0 Å². The largest absolute Gasteiger partial charge is 0.468 e. The van der Waals surface area contributed by atoms with Gasteiger partial charge in [-0.05, 0) is 6.92 Å². The van der Waals surface area contributed by atoms with Crippen LogP contribution in [0.4, 0.5) is 5.82 Å². The standard InChI is InChI=1S/C10H12N4O2/c1-7-10(12-6-9(15)16-2)14-4-3-11-5-8(14)13-7/h3-5,12H,6H2,1-2H3. The third-order valence-corrected chi connectivity index (χ3v) is 2.23. The minimum Gasteiger partial charge on any atom is -0.468 e. The van der Waals surface area contributed by atoms with Gasteiger partial charge in [-0.25, -0.2) is 4.98 Å². The van der Waals surface area contributed by atoms with Crippen molar-refractivity contribution in [1.82, 2.24) is 14.4 Å². The summed E-state index contributed by atoms with van der Waals surface area (Å²) in [5.41, 5.74) is 1.56. The van der Waals surface area contributed by atoms with Gasteiger partial charge in [-0.3, -0.25) is 14.2 Å². The van der Waals surface area contributed by atoms with Crippen LogP contribution in [0, 0.1) is 6.92 Å². The number of carbonyl (C=O) groups excluding carboxylic acids is 1. The van der Waals surface area contributed by atoms with E-state index in [1.807, 2.05) is 11.3 Å². The number of carbonyl (C=O) groups is 1. The predicted molar refractivity (Wildman–Crippen MR) is 58.2 cm³/mol. The Labute approximate surface area is 92.3 Å². The highest BCUT2D eigenvalue weighted by Gasteiger charge is 2.09. The Morgan fingerprint density at radius 2 is 2.44 bits per heavy atom. The van der Waals surface area contributed by atoms with Crippen molar-refractivity contribution in [3.63, 3.8) is 0 Å². The zero-order chi connectivity index (χ0) is 11.5. The second-order valence-electron chi connectivity index (χ2n) is 3.28. The van der Waals surface area contributed by atoms with Crippen molar-refractivity contribution >= 4 is 17.4 Å². The average Bonchev–Trinajstić information content (AvgIpc) is 2.62. The van der Waals surface area contributed by atoms with Gasteiger partial charge >= 0.3 is 5.97 Å². The van der Waals surface area contributed by atoms with Crippen molar-refractivity contribution in [1.29, 1.82) is 0 Å². The Hall–Kier alpha value is -2.11. The summed E-state index contributed by atoms with van der Waals surface area (Å²) >= 11 is 0. The molecule has 6 nitrogen and oxygen atoms in total. The van der Waals surface area contributed by atoms with E-state index in [2.05, 4.69) is 20.0 Å². The summed E-state index contributed by atoms with van der Waals surface area (Å²) in [6.45, 7) is 1.99. The molecule has 0 aliphatic heterocycles. The summed E-state index contributed by atoms with van der Waals surface area (Å²) < 4.78 is 6.40. The van der Waals surface area contributed by atoms with E-state index in [1.165, 1.54) is 7.11 Å². The van der Waals surface area contributed by atoms with Crippen LogP contribution in [0.15, 0.2) is 18.6 Å². The van der Waals surface area contributed by atoms with Crippen LogP contribution in [0.25, 0.3) is 5.65 Å². The molecule has 0 radical (unpaired) electrons. The van der Waals surface area contributed by atoms with Crippen LogP contribution in [-0.4, -0.2) is 34.0 Å². The molecule has 0 bridgehead atoms. The number of nitrogens with one attached hydrogen (secondary N) is 1. The fraction of sp³-hybridized carbons (Fsp3) is 0.300. The quantitative estimate of drug-likeness (QED) is 0.768. The zero-order valence-electron chi connectivity index (χ0n) is 9.10. The third kappa shape index (κ3) is 1.81. The molecule has 0 unspecified atom stereocenters. The summed E-state index contributed by atoms with van der Waals surface area (Å²) in [4.78, 5) is 19.3. The highest BCUT2D eigenvalue weighted by atomic mass is 16.5. The fourth-order valence-corrected chi connectivity index (χ4v) is 1.47. The molecular formula is C10H12N4O2. The van der Waals surface area contributed by atoms with E-state index in [0.29, 0.717) is 0 Å². The first kappa shape index (κ1) is 10.4. The number of anilines is 1. The van der Waals surface area contributed by atoms with Gasteiger partial charge in [0.25, 0.3) is 0 Å². The maximum absolute atomic E-state index is 11.0. The number of hydrogen-bond donors (Lipinski definition) is 1. The Bertz CT molecular complexity index is 521. The molecule has 0 saturated carbocycles. The molecule has 1 N–H and O–H groups in total. The molecule has 0 aliphatic carbocycles. The number of aromatic nitrogens is 3. The number of rotatable bonds is 3. The summed E-state index contributed by atoms with van der Waals surface area (Å²) in [6, 6.07) is 0. The lowest BCUT2D eigenvalue weighted by Crippen LogP contribution is -2.16. The first-order chi connectivity index (χ1) is 7.72. The molecule has 84 valence electrons. The fourth-order valence-electron chi connectivity index (χ4n) is 1.47. The molecule has 6 heteroatoms. The molecule has 0 amide bonds. The molecule has 0 aliphatic rings. The molecule has 0 saturated heterocycles. The maximum atomic E-state index is 11.0. The number of hydrogen-bond acceptors (Lipinski definition) is 5. The van der Waals surface area contributed by atoms with E-state index < -0.39 is 0 Å². The molecule has 2 heterocycles. The summed E-state index contributed by atoms with van der Waals surface area (Å²) in [6.07, 6.45) is 5.11. The van der Waals surface area contributed by atoms with Crippen molar-refractivity contribution in [2.45, 2.75) is 6.92 Å². The van der Waals surface area contributed by atoms with E-state index in [1.54, 1.807) is 18.6 Å². The van der Waals surface area contributed by atoms with Gasteiger partial charge in [-0.2, -0.15) is 0 Å². The highest BCUT2D eigenvalue weighted by molar-refractivity contribution is 5.75. The van der Waals surface area contributed by atoms with Crippen molar-refractivity contribution in [2.24, 2.45) is 0 Å². The third-order valence-electron chi connectivity index (χ3n) is 2.23. The lowest BCUT2D eigenvalue weighted by molar-refractivity contribution is -0.138. The number of aryl methyl sites for hydroxylation is 1. The van der Waals surface area contributed by atoms with Gasteiger partial charge in [0.05, 0.1) is 19.0 Å². The topological polar surface area (TPSA) is 68.5 Å². The van der Waals surface area contributed by atoms with Gasteiger partial charge < -0.3 is 10.1 Å². The molecule has 2 aromatic rings. The van der Waals surface area contributed by atoms with Gasteiger partial charge in [0.1, 0.15) is 12.4 Å². The zero-order valence-corrected chi connectivity index (χ0v) is 9.10. The smallest absolute Gasteiger partial charge is 0.325 e. The Balaban J connectivity index is 2.29. The minimum atomic E-state index is -0.316. The lowest BCUT2D eigenvalue weighted by Gasteiger charge is -2.05. The lowest BCUT2D eigenvalue weighted by atomic mass is 10.4. The molecule has 0 aromatic carbocycles. The molecule has 16 heavy (non-hydrogen) atoms. The van der Waals surface area contributed by atoms with E-state index >= 15 is 0 Å². The number of nitrogens with zero attached hydrogens (tertiary/aromatic N) is 3. The van der Waals surface area contributed by atoms with Crippen molar-refractivity contribution in [2.75, 3.05) is 19.0 Å². The van der Waals surface area contributed by atoms with Crippen LogP contribution < -0.4 is 5.32 Å². The van der Waals surface area contributed by atoms with Crippen LogP contribution >= 0.6 is 0 Å². The number of ether oxygens (including phenoxy) is 1. The van der Waals surface area contributed by atoms with Crippen LogP contribution in [0.2, 0.25) is 0 Å². The molecule has 0 spiro atoms. The first-order valence-electron chi connectivity index (χ1n) is 4.81. The number of esters is 1. The Kier molecular flexibility index (Phi) is 2.72. The van der Waals surface area contributed by atoms with Crippen LogP contribution in [0.3, 0.4) is 0 Å². The van der Waals surface area contributed by atoms with Gasteiger partial charge in [0, 0.05) is 12.4 Å². The number of methoxy groups -OCH3 is 1. The van der Waals surface area contributed by atoms with Gasteiger partial charge in [-0.1, -0.05) is 0 Å². The van der Waals surface area contributed by atoms with E-state index in [0.717, 1.165) is 17.2 Å². The number of imidazole rings is 1. The summed E-state index contributed by atoms with van der Waals surface area (Å²) in [5.74, 6) is 0.464. The normalized spacial score (nSPS) is 10.4. The Morgan fingerprint density at radius 1 is 1.62 bits per heavy atom. The highest BCUT2D eigenvalue weighted by Crippen LogP contribution is 2.15. The van der Waals surface area contributed by atoms with Crippen molar-refractivity contribution in [3.8, 4) is 0 Å². The van der Waals surface area contributed by atoms with Crippen molar-refractivity contribution < 1.29 is 9.53 Å². The minimum absolute atomic E-state index is 0.119. The summed E-state index contributed by atoms with van der Waals surface area (Å²) in [7, 11) is 1.36. The van der Waals surface area contributed by atoms with Crippen LogP contribution in [-0.2, 0) is 9.53 Å². The predicted octanol–water partition coefficient (Wildman–Crippen LogP) is 0.623. The SMILES string of the molecule is COC(=O)CNc1c(C)nc2cnccn12. The van der Waals surface area contributed by atoms with Gasteiger partial charge in [-0.15, -0.1) is 0 Å². The second-order valence-corrected chi connectivity index (χ2v) is 3.28. The van der Waals surface area contributed by atoms with Crippen LogP contribution in [0.1, 0.15) is 5.69 Å². The van der Waals surface area contributed by atoms with E-state index in [-0.39, 0.29) is 12.5 Å². The van der Waals surface area contributed by atoms with Gasteiger partial charge in [0.2, 0.25) is 0 Å². The molecule has 2 aromatic heterocycles.